The van der Waals surface area contributed by atoms with Crippen molar-refractivity contribution in [2.45, 2.75) is 18.9 Å². The summed E-state index contributed by atoms with van der Waals surface area (Å²) in [5.41, 5.74) is 2.42. The minimum atomic E-state index is -0.332. The van der Waals surface area contributed by atoms with E-state index in [2.05, 4.69) is 25.1 Å². The predicted molar refractivity (Wildman–Crippen MR) is 50.7 cm³/mol. The molecule has 13 heavy (non-hydrogen) atoms. The summed E-state index contributed by atoms with van der Waals surface area (Å²) < 4.78 is 5.21. The zero-order valence-corrected chi connectivity index (χ0v) is 7.73. The average Bonchev–Trinajstić information content (AvgIpc) is 2.51. The van der Waals surface area contributed by atoms with E-state index in [0.717, 1.165) is 0 Å². The highest BCUT2D eigenvalue weighted by Crippen LogP contribution is 2.25. The lowest BCUT2D eigenvalue weighted by Crippen LogP contribution is -2.15. The van der Waals surface area contributed by atoms with Crippen LogP contribution in [0.25, 0.3) is 0 Å². The second-order valence-corrected chi connectivity index (χ2v) is 3.63. The van der Waals surface area contributed by atoms with Gasteiger partial charge in [0.1, 0.15) is 0 Å². The van der Waals surface area contributed by atoms with E-state index in [1.807, 2.05) is 6.07 Å². The second-order valence-electron chi connectivity index (χ2n) is 3.63. The molecule has 0 spiro atoms. The smallest absolute Gasteiger partial charge is 0.0864 e. The minimum absolute atomic E-state index is 0.167. The molecule has 1 fully saturated rings. The van der Waals surface area contributed by atoms with Crippen molar-refractivity contribution in [3.8, 4) is 0 Å². The number of benzene rings is 1. The van der Waals surface area contributed by atoms with Crippen molar-refractivity contribution in [2.75, 3.05) is 13.2 Å². The first kappa shape index (κ1) is 8.73. The van der Waals surface area contributed by atoms with Crippen LogP contribution >= 0.6 is 0 Å². The molecule has 1 saturated heterocycles. The van der Waals surface area contributed by atoms with Crippen molar-refractivity contribution >= 4 is 0 Å². The van der Waals surface area contributed by atoms with Gasteiger partial charge >= 0.3 is 0 Å². The first-order valence-electron chi connectivity index (χ1n) is 4.60. The summed E-state index contributed by atoms with van der Waals surface area (Å²) in [4.78, 5) is 0. The van der Waals surface area contributed by atoms with Gasteiger partial charge in [-0.1, -0.05) is 29.8 Å². The molecule has 1 aliphatic heterocycles. The molecule has 0 radical (unpaired) electrons. The molecule has 2 rings (SSSR count). The molecule has 0 unspecified atom stereocenters. The van der Waals surface area contributed by atoms with Gasteiger partial charge in [0, 0.05) is 5.92 Å². The summed E-state index contributed by atoms with van der Waals surface area (Å²) in [5, 5.41) is 9.61. The molecule has 1 N–H and O–H groups in total. The van der Waals surface area contributed by atoms with Gasteiger partial charge < -0.3 is 9.84 Å². The van der Waals surface area contributed by atoms with E-state index in [4.69, 9.17) is 4.74 Å². The van der Waals surface area contributed by atoms with E-state index in [1.165, 1.54) is 11.1 Å². The molecule has 1 heterocycles. The fourth-order valence-corrected chi connectivity index (χ4v) is 1.76. The third-order valence-electron chi connectivity index (χ3n) is 2.52. The molecule has 2 nitrogen and oxygen atoms in total. The van der Waals surface area contributed by atoms with E-state index in [-0.39, 0.29) is 12.0 Å². The number of ether oxygens (including phenoxy) is 1. The molecule has 2 atom stereocenters. The van der Waals surface area contributed by atoms with Gasteiger partial charge in [0.25, 0.3) is 0 Å². The number of aliphatic hydroxyl groups excluding tert-OH is 1. The van der Waals surface area contributed by atoms with E-state index >= 15 is 0 Å². The Labute approximate surface area is 78.2 Å². The largest absolute Gasteiger partial charge is 0.390 e. The van der Waals surface area contributed by atoms with E-state index < -0.39 is 0 Å². The summed E-state index contributed by atoms with van der Waals surface area (Å²) >= 11 is 0. The van der Waals surface area contributed by atoms with E-state index in [1.54, 1.807) is 0 Å². The summed E-state index contributed by atoms with van der Waals surface area (Å²) in [5.74, 6) is 0.167. The van der Waals surface area contributed by atoms with Crippen molar-refractivity contribution in [3.63, 3.8) is 0 Å². The highest BCUT2D eigenvalue weighted by molar-refractivity contribution is 5.27. The highest BCUT2D eigenvalue weighted by atomic mass is 16.5. The van der Waals surface area contributed by atoms with Crippen molar-refractivity contribution in [1.29, 1.82) is 0 Å². The Balaban J connectivity index is 2.24. The van der Waals surface area contributed by atoms with Crippen LogP contribution in [0.1, 0.15) is 17.0 Å². The third-order valence-corrected chi connectivity index (χ3v) is 2.52. The van der Waals surface area contributed by atoms with Crippen LogP contribution in [0, 0.1) is 6.92 Å². The summed E-state index contributed by atoms with van der Waals surface area (Å²) in [6, 6.07) is 8.25. The Kier molecular flexibility index (Phi) is 2.34. The molecular formula is C11H14O2. The molecule has 0 saturated carbocycles. The van der Waals surface area contributed by atoms with Crippen LogP contribution < -0.4 is 0 Å². The maximum atomic E-state index is 9.61. The molecule has 0 amide bonds. The van der Waals surface area contributed by atoms with Gasteiger partial charge in [-0.2, -0.15) is 0 Å². The van der Waals surface area contributed by atoms with Crippen LogP contribution in [0.5, 0.6) is 0 Å². The van der Waals surface area contributed by atoms with Gasteiger partial charge in [-0.05, 0) is 12.5 Å². The van der Waals surface area contributed by atoms with Crippen LogP contribution in [-0.4, -0.2) is 24.4 Å². The first-order chi connectivity index (χ1) is 6.27. The Hall–Kier alpha value is -0.860. The normalized spacial score (nSPS) is 27.8. The van der Waals surface area contributed by atoms with Crippen molar-refractivity contribution in [1.82, 2.24) is 0 Å². The number of hydrogen-bond donors (Lipinski definition) is 1. The van der Waals surface area contributed by atoms with Crippen LogP contribution in [0.2, 0.25) is 0 Å². The van der Waals surface area contributed by atoms with E-state index in [0.29, 0.717) is 13.2 Å². The van der Waals surface area contributed by atoms with Crippen molar-refractivity contribution < 1.29 is 9.84 Å². The highest BCUT2D eigenvalue weighted by Gasteiger charge is 2.27. The van der Waals surface area contributed by atoms with Crippen LogP contribution in [-0.2, 0) is 4.74 Å². The fraction of sp³-hybridized carbons (Fsp3) is 0.455. The standard InChI is InChI=1S/C11H14O2/c1-8-3-2-4-9(5-8)10-6-13-7-11(10)12/h2-5,10-12H,6-7H2,1H3/t10-,11+/m0/s1. The van der Waals surface area contributed by atoms with Crippen molar-refractivity contribution in [3.05, 3.63) is 35.4 Å². The molecule has 70 valence electrons. The molecule has 1 aromatic carbocycles. The molecule has 1 aliphatic rings. The van der Waals surface area contributed by atoms with Gasteiger partial charge in [0.15, 0.2) is 0 Å². The quantitative estimate of drug-likeness (QED) is 0.705. The van der Waals surface area contributed by atoms with Gasteiger partial charge in [-0.15, -0.1) is 0 Å². The third kappa shape index (κ3) is 1.74. The number of aliphatic hydroxyl groups is 1. The molecule has 2 heteroatoms. The lowest BCUT2D eigenvalue weighted by atomic mass is 9.95. The zero-order chi connectivity index (χ0) is 9.26. The molecule has 0 aromatic heterocycles. The minimum Gasteiger partial charge on any atom is -0.390 e. The molecular weight excluding hydrogens is 164 g/mol. The van der Waals surface area contributed by atoms with Gasteiger partial charge in [0.2, 0.25) is 0 Å². The summed E-state index contributed by atoms with van der Waals surface area (Å²) in [6.07, 6.45) is -0.332. The van der Waals surface area contributed by atoms with Crippen LogP contribution in [0.15, 0.2) is 24.3 Å². The topological polar surface area (TPSA) is 29.5 Å². The molecule has 1 aromatic rings. The predicted octanol–water partition coefficient (Wildman–Crippen LogP) is 1.47. The van der Waals surface area contributed by atoms with Gasteiger partial charge in [-0.25, -0.2) is 0 Å². The summed E-state index contributed by atoms with van der Waals surface area (Å²) in [7, 11) is 0. The Morgan fingerprint density at radius 1 is 1.38 bits per heavy atom. The number of aryl methyl sites for hydroxylation is 1. The number of rotatable bonds is 1. The van der Waals surface area contributed by atoms with Crippen LogP contribution in [0.4, 0.5) is 0 Å². The summed E-state index contributed by atoms with van der Waals surface area (Å²) in [6.45, 7) is 3.18. The Morgan fingerprint density at radius 3 is 2.85 bits per heavy atom. The number of hydrogen-bond acceptors (Lipinski definition) is 2. The van der Waals surface area contributed by atoms with Gasteiger partial charge in [-0.3, -0.25) is 0 Å². The molecule has 0 aliphatic carbocycles. The zero-order valence-electron chi connectivity index (χ0n) is 7.73. The first-order valence-corrected chi connectivity index (χ1v) is 4.60. The van der Waals surface area contributed by atoms with Crippen molar-refractivity contribution in [2.24, 2.45) is 0 Å². The average molecular weight is 178 g/mol. The molecule has 0 bridgehead atoms. The Morgan fingerprint density at radius 2 is 2.23 bits per heavy atom. The van der Waals surface area contributed by atoms with Gasteiger partial charge in [0.05, 0.1) is 19.3 Å². The lowest BCUT2D eigenvalue weighted by Gasteiger charge is -2.12. The maximum absolute atomic E-state index is 9.61. The second kappa shape index (κ2) is 3.48. The Bertz CT molecular complexity index is 296. The SMILES string of the molecule is Cc1cccc([C@@H]2COC[C@H]2O)c1. The van der Waals surface area contributed by atoms with E-state index in [9.17, 15) is 5.11 Å². The van der Waals surface area contributed by atoms with Crippen LogP contribution in [0.3, 0.4) is 0 Å². The lowest BCUT2D eigenvalue weighted by molar-refractivity contribution is 0.124. The maximum Gasteiger partial charge on any atom is 0.0864 e. The fourth-order valence-electron chi connectivity index (χ4n) is 1.76. The monoisotopic (exact) mass is 178 g/mol.